The van der Waals surface area contributed by atoms with Crippen molar-refractivity contribution in [3.63, 3.8) is 0 Å². The summed E-state index contributed by atoms with van der Waals surface area (Å²) in [6.45, 7) is 9.35. The first-order valence-electron chi connectivity index (χ1n) is 9.83. The maximum absolute atomic E-state index is 9.96. The van der Waals surface area contributed by atoms with E-state index in [1.165, 1.54) is 11.1 Å². The zero-order chi connectivity index (χ0) is 20.1. The predicted octanol–water partition coefficient (Wildman–Crippen LogP) is 5.15. The van der Waals surface area contributed by atoms with Crippen LogP contribution in [0.4, 0.5) is 0 Å². The average molecular weight is 371 g/mol. The highest BCUT2D eigenvalue weighted by molar-refractivity contribution is 6.47. The van der Waals surface area contributed by atoms with Gasteiger partial charge in [0.25, 0.3) is 0 Å². The van der Waals surface area contributed by atoms with E-state index in [1.54, 1.807) is 21.3 Å². The van der Waals surface area contributed by atoms with Crippen LogP contribution in [0.3, 0.4) is 0 Å². The quantitative estimate of drug-likeness (QED) is 0.682. The van der Waals surface area contributed by atoms with Gasteiger partial charge in [0.2, 0.25) is 0 Å². The van der Waals surface area contributed by atoms with Gasteiger partial charge < -0.3 is 9.76 Å². The van der Waals surface area contributed by atoms with Crippen molar-refractivity contribution in [1.29, 1.82) is 0 Å². The van der Waals surface area contributed by atoms with Gasteiger partial charge in [0.1, 0.15) is 0 Å². The molecule has 0 amide bonds. The molecule has 1 aliphatic carbocycles. The van der Waals surface area contributed by atoms with Gasteiger partial charge in [0.05, 0.1) is 11.7 Å². The molecule has 2 aromatic rings. The molecule has 0 bridgehead atoms. The molecule has 0 aliphatic heterocycles. The van der Waals surface area contributed by atoms with Crippen LogP contribution in [0.15, 0.2) is 67.3 Å². The van der Waals surface area contributed by atoms with Gasteiger partial charge in [-0.15, -0.1) is 0 Å². The van der Waals surface area contributed by atoms with Gasteiger partial charge in [-0.2, -0.15) is 0 Å². The van der Waals surface area contributed by atoms with Gasteiger partial charge in [0.15, 0.2) is 0 Å². The molecule has 28 heavy (non-hydrogen) atoms. The van der Waals surface area contributed by atoms with Gasteiger partial charge in [-0.25, -0.2) is 0 Å². The van der Waals surface area contributed by atoms with Crippen LogP contribution >= 0.6 is 0 Å². The SMILES string of the molecule is C=Cc1cc(-c2ccc([B]O[C@H](C)C(C)(C)O)cc2)ccc1C1=CCCC=C1. The lowest BCUT2D eigenvalue weighted by Gasteiger charge is -2.26. The van der Waals surface area contributed by atoms with Crippen molar-refractivity contribution in [1.82, 2.24) is 0 Å². The predicted molar refractivity (Wildman–Crippen MR) is 121 cm³/mol. The molecule has 0 aromatic heterocycles. The molecular formula is C25H28BO2. The highest BCUT2D eigenvalue weighted by Crippen LogP contribution is 2.29. The van der Waals surface area contributed by atoms with E-state index < -0.39 is 5.60 Å². The van der Waals surface area contributed by atoms with Crippen LogP contribution in [-0.4, -0.2) is 24.3 Å². The fourth-order valence-corrected chi connectivity index (χ4v) is 3.09. The summed E-state index contributed by atoms with van der Waals surface area (Å²) in [5.41, 5.74) is 6.06. The summed E-state index contributed by atoms with van der Waals surface area (Å²) in [7, 11) is 1.70. The van der Waals surface area contributed by atoms with Crippen molar-refractivity contribution in [3.8, 4) is 11.1 Å². The van der Waals surface area contributed by atoms with Crippen molar-refractivity contribution < 1.29 is 9.76 Å². The van der Waals surface area contributed by atoms with Gasteiger partial charge in [-0.05, 0) is 67.5 Å². The molecule has 1 atom stereocenters. The maximum atomic E-state index is 9.96. The van der Waals surface area contributed by atoms with Crippen LogP contribution in [0.1, 0.15) is 44.7 Å². The molecule has 3 rings (SSSR count). The summed E-state index contributed by atoms with van der Waals surface area (Å²) >= 11 is 0. The zero-order valence-corrected chi connectivity index (χ0v) is 17.0. The van der Waals surface area contributed by atoms with Gasteiger partial charge >= 0.3 is 7.48 Å². The Labute approximate surface area is 169 Å². The van der Waals surface area contributed by atoms with Crippen molar-refractivity contribution in [3.05, 3.63) is 78.4 Å². The Hall–Kier alpha value is -2.36. The highest BCUT2D eigenvalue weighted by Gasteiger charge is 2.22. The molecular weight excluding hydrogens is 343 g/mol. The molecule has 1 N–H and O–H groups in total. The molecule has 0 unspecified atom stereocenters. The minimum absolute atomic E-state index is 0.280. The minimum atomic E-state index is -0.873. The zero-order valence-electron chi connectivity index (χ0n) is 17.0. The lowest BCUT2D eigenvalue weighted by atomic mass is 9.85. The highest BCUT2D eigenvalue weighted by atomic mass is 16.5. The summed E-state index contributed by atoms with van der Waals surface area (Å²) in [6.07, 6.45) is 10.6. The lowest BCUT2D eigenvalue weighted by Crippen LogP contribution is -2.38. The van der Waals surface area contributed by atoms with Crippen molar-refractivity contribution in [2.45, 2.75) is 45.3 Å². The Morgan fingerprint density at radius 3 is 2.43 bits per heavy atom. The third-order valence-corrected chi connectivity index (χ3v) is 5.22. The Balaban J connectivity index is 1.76. The van der Waals surface area contributed by atoms with Crippen LogP contribution in [0.25, 0.3) is 22.8 Å². The van der Waals surface area contributed by atoms with Gasteiger partial charge in [-0.3, -0.25) is 0 Å². The topological polar surface area (TPSA) is 29.5 Å². The molecule has 0 saturated carbocycles. The maximum Gasteiger partial charge on any atom is 0.330 e. The monoisotopic (exact) mass is 371 g/mol. The van der Waals surface area contributed by atoms with E-state index in [-0.39, 0.29) is 6.10 Å². The van der Waals surface area contributed by atoms with Gasteiger partial charge in [-0.1, -0.05) is 72.7 Å². The minimum Gasteiger partial charge on any atom is -0.429 e. The number of hydrogen-bond acceptors (Lipinski definition) is 2. The van der Waals surface area contributed by atoms with Crippen molar-refractivity contribution in [2.24, 2.45) is 0 Å². The van der Waals surface area contributed by atoms with E-state index in [1.807, 2.05) is 25.1 Å². The molecule has 1 radical (unpaired) electrons. The molecule has 1 aliphatic rings. The summed E-state index contributed by atoms with van der Waals surface area (Å²) < 4.78 is 5.66. The average Bonchev–Trinajstić information content (AvgIpc) is 2.72. The Kier molecular flexibility index (Phi) is 6.38. The summed E-state index contributed by atoms with van der Waals surface area (Å²) in [6, 6.07) is 14.8. The first kappa shape index (κ1) is 20.4. The van der Waals surface area contributed by atoms with E-state index >= 15 is 0 Å². The molecule has 0 heterocycles. The van der Waals surface area contributed by atoms with E-state index in [2.05, 4.69) is 55.1 Å². The first-order chi connectivity index (χ1) is 13.4. The van der Waals surface area contributed by atoms with Crippen molar-refractivity contribution in [2.75, 3.05) is 0 Å². The van der Waals surface area contributed by atoms with Crippen LogP contribution in [0.5, 0.6) is 0 Å². The van der Waals surface area contributed by atoms with Crippen LogP contribution in [-0.2, 0) is 4.65 Å². The summed E-state index contributed by atoms with van der Waals surface area (Å²) in [5, 5.41) is 9.96. The van der Waals surface area contributed by atoms with E-state index in [4.69, 9.17) is 4.65 Å². The van der Waals surface area contributed by atoms with Gasteiger partial charge in [0, 0.05) is 0 Å². The number of hydrogen-bond donors (Lipinski definition) is 1. The number of benzene rings is 2. The third kappa shape index (κ3) is 4.92. The molecule has 0 saturated heterocycles. The van der Waals surface area contributed by atoms with Crippen LogP contribution in [0, 0.1) is 0 Å². The third-order valence-electron chi connectivity index (χ3n) is 5.22. The molecule has 0 spiro atoms. The molecule has 143 valence electrons. The van der Waals surface area contributed by atoms with E-state index in [0.29, 0.717) is 0 Å². The number of allylic oxidation sites excluding steroid dienone is 4. The first-order valence-corrected chi connectivity index (χ1v) is 9.83. The standard InChI is InChI=1S/C25H28BO2/c1-5-19-17-22(13-16-24(19)21-9-7-6-8-10-21)20-11-14-23(15-12-20)26-28-18(2)25(3,4)27/h5,7,9-18,27H,1,6,8H2,2-4H3/t18-/m1/s1. The van der Waals surface area contributed by atoms with Crippen molar-refractivity contribution >= 4 is 24.6 Å². The molecule has 0 fully saturated rings. The smallest absolute Gasteiger partial charge is 0.330 e. The second-order valence-electron chi connectivity index (χ2n) is 7.82. The number of rotatable bonds is 7. The summed E-state index contributed by atoms with van der Waals surface area (Å²) in [5.74, 6) is 0. The second kappa shape index (κ2) is 8.77. The molecule has 2 aromatic carbocycles. The summed E-state index contributed by atoms with van der Waals surface area (Å²) in [4.78, 5) is 0. The largest absolute Gasteiger partial charge is 0.429 e. The fraction of sp³-hybridized carbons (Fsp3) is 0.280. The van der Waals surface area contributed by atoms with Crippen LogP contribution < -0.4 is 5.46 Å². The molecule has 3 heteroatoms. The lowest BCUT2D eigenvalue weighted by molar-refractivity contribution is -0.0222. The van der Waals surface area contributed by atoms with E-state index in [0.717, 1.165) is 35.0 Å². The Morgan fingerprint density at radius 1 is 1.11 bits per heavy atom. The second-order valence-corrected chi connectivity index (χ2v) is 7.82. The fourth-order valence-electron chi connectivity index (χ4n) is 3.09. The Morgan fingerprint density at radius 2 is 1.82 bits per heavy atom. The molecule has 2 nitrogen and oxygen atoms in total. The van der Waals surface area contributed by atoms with Crippen LogP contribution in [0.2, 0.25) is 0 Å². The normalized spacial score (nSPS) is 15.1. The Bertz CT molecular complexity index is 886. The number of aliphatic hydroxyl groups is 1. The van der Waals surface area contributed by atoms with E-state index in [9.17, 15) is 5.11 Å².